The third kappa shape index (κ3) is 2.09. The van der Waals surface area contributed by atoms with Crippen molar-refractivity contribution in [3.05, 3.63) is 29.6 Å². The van der Waals surface area contributed by atoms with Crippen LogP contribution in [-0.4, -0.2) is 12.5 Å². The van der Waals surface area contributed by atoms with Gasteiger partial charge in [-0.2, -0.15) is 0 Å². The van der Waals surface area contributed by atoms with E-state index in [2.05, 4.69) is 5.32 Å². The predicted molar refractivity (Wildman–Crippen MR) is 55.8 cm³/mol. The van der Waals surface area contributed by atoms with Gasteiger partial charge in [-0.3, -0.25) is 4.79 Å². The molecule has 1 aromatic rings. The smallest absolute Gasteiger partial charge is 0.220 e. The first kappa shape index (κ1) is 9.96. The van der Waals surface area contributed by atoms with E-state index in [0.717, 1.165) is 12.0 Å². The van der Waals surface area contributed by atoms with Crippen molar-refractivity contribution in [2.45, 2.75) is 18.8 Å². The van der Waals surface area contributed by atoms with Crippen LogP contribution < -0.4 is 11.1 Å². The molecule has 2 rings (SSSR count). The van der Waals surface area contributed by atoms with Gasteiger partial charge < -0.3 is 11.1 Å². The molecule has 1 fully saturated rings. The molecule has 0 aromatic heterocycles. The predicted octanol–water partition coefficient (Wildman–Crippen LogP) is 1.40. The van der Waals surface area contributed by atoms with Gasteiger partial charge in [0.05, 0.1) is 5.69 Å². The molecule has 0 saturated carbocycles. The van der Waals surface area contributed by atoms with E-state index in [0.29, 0.717) is 13.0 Å². The number of nitrogen functional groups attached to an aromatic ring is 1. The number of benzene rings is 1. The van der Waals surface area contributed by atoms with Crippen molar-refractivity contribution in [2.75, 3.05) is 12.3 Å². The third-order valence-corrected chi connectivity index (χ3v) is 2.74. The summed E-state index contributed by atoms with van der Waals surface area (Å²) in [5.41, 5.74) is 6.40. The number of anilines is 1. The summed E-state index contributed by atoms with van der Waals surface area (Å²) >= 11 is 0. The number of rotatable bonds is 1. The van der Waals surface area contributed by atoms with Gasteiger partial charge in [-0.15, -0.1) is 0 Å². The molecule has 0 radical (unpaired) electrons. The molecule has 1 aliphatic heterocycles. The summed E-state index contributed by atoms with van der Waals surface area (Å²) in [6, 6.07) is 4.78. The Labute approximate surface area is 87.5 Å². The van der Waals surface area contributed by atoms with E-state index < -0.39 is 5.82 Å². The van der Waals surface area contributed by atoms with Crippen LogP contribution in [-0.2, 0) is 4.79 Å². The molecule has 1 saturated heterocycles. The number of hydrogen-bond donors (Lipinski definition) is 2. The summed E-state index contributed by atoms with van der Waals surface area (Å²) in [6.45, 7) is 0.662. The summed E-state index contributed by atoms with van der Waals surface area (Å²) in [4.78, 5) is 11.2. The molecule has 0 aliphatic carbocycles. The zero-order valence-corrected chi connectivity index (χ0v) is 8.29. The molecular weight excluding hydrogens is 195 g/mol. The normalized spacial score (nSPS) is 21.1. The Balaban J connectivity index is 2.21. The Kier molecular flexibility index (Phi) is 2.58. The van der Waals surface area contributed by atoms with Gasteiger partial charge in [0.15, 0.2) is 0 Å². The molecule has 1 amide bonds. The number of piperidine rings is 1. The largest absolute Gasteiger partial charge is 0.396 e. The maximum atomic E-state index is 13.2. The lowest BCUT2D eigenvalue weighted by Gasteiger charge is -2.22. The molecule has 1 aromatic carbocycles. The number of carbonyl (C=O) groups is 1. The number of nitrogens with one attached hydrogen (secondary N) is 1. The molecule has 1 atom stereocenters. The van der Waals surface area contributed by atoms with E-state index in [1.807, 2.05) is 0 Å². The van der Waals surface area contributed by atoms with Crippen molar-refractivity contribution in [3.63, 3.8) is 0 Å². The van der Waals surface area contributed by atoms with E-state index in [4.69, 9.17) is 5.73 Å². The van der Waals surface area contributed by atoms with Crippen LogP contribution in [0.15, 0.2) is 18.2 Å². The van der Waals surface area contributed by atoms with Crippen LogP contribution in [0, 0.1) is 5.82 Å². The standard InChI is InChI=1S/C11H13FN2O/c12-9-5-7(1-2-10(9)13)8-3-4-14-11(15)6-8/h1-2,5,8H,3-4,6,13H2,(H,14,15). The lowest BCUT2D eigenvalue weighted by molar-refractivity contribution is -0.122. The fraction of sp³-hybridized carbons (Fsp3) is 0.364. The van der Waals surface area contributed by atoms with Gasteiger partial charge in [-0.1, -0.05) is 6.07 Å². The molecule has 1 unspecified atom stereocenters. The minimum Gasteiger partial charge on any atom is -0.396 e. The quantitative estimate of drug-likeness (QED) is 0.685. The second-order valence-corrected chi connectivity index (χ2v) is 3.82. The number of carbonyl (C=O) groups excluding carboxylic acids is 1. The highest BCUT2D eigenvalue weighted by Gasteiger charge is 2.20. The van der Waals surface area contributed by atoms with E-state index in [1.54, 1.807) is 12.1 Å². The van der Waals surface area contributed by atoms with E-state index in [9.17, 15) is 9.18 Å². The number of hydrogen-bond acceptors (Lipinski definition) is 2. The molecular formula is C11H13FN2O. The van der Waals surface area contributed by atoms with Gasteiger partial charge in [-0.05, 0) is 30.0 Å². The zero-order chi connectivity index (χ0) is 10.8. The van der Waals surface area contributed by atoms with Crippen molar-refractivity contribution in [3.8, 4) is 0 Å². The van der Waals surface area contributed by atoms with Crippen LogP contribution in [0.5, 0.6) is 0 Å². The molecule has 4 heteroatoms. The third-order valence-electron chi connectivity index (χ3n) is 2.74. The monoisotopic (exact) mass is 208 g/mol. The minimum atomic E-state index is -0.404. The Morgan fingerprint density at radius 3 is 2.93 bits per heavy atom. The molecule has 3 N–H and O–H groups in total. The lowest BCUT2D eigenvalue weighted by atomic mass is 9.90. The van der Waals surface area contributed by atoms with Crippen LogP contribution in [0.4, 0.5) is 10.1 Å². The average Bonchev–Trinajstić information content (AvgIpc) is 2.22. The molecule has 15 heavy (non-hydrogen) atoms. The Morgan fingerprint density at radius 1 is 1.47 bits per heavy atom. The first-order valence-corrected chi connectivity index (χ1v) is 4.98. The Hall–Kier alpha value is -1.58. The van der Waals surface area contributed by atoms with Crippen molar-refractivity contribution in [1.29, 1.82) is 0 Å². The Bertz CT molecular complexity index is 392. The van der Waals surface area contributed by atoms with Gasteiger partial charge >= 0.3 is 0 Å². The van der Waals surface area contributed by atoms with Crippen LogP contribution in [0.25, 0.3) is 0 Å². The highest BCUT2D eigenvalue weighted by atomic mass is 19.1. The maximum absolute atomic E-state index is 13.2. The minimum absolute atomic E-state index is 0.0310. The average molecular weight is 208 g/mol. The first-order valence-electron chi connectivity index (χ1n) is 4.98. The van der Waals surface area contributed by atoms with Gasteiger partial charge in [0, 0.05) is 13.0 Å². The molecule has 1 aliphatic rings. The molecule has 1 heterocycles. The fourth-order valence-electron chi connectivity index (χ4n) is 1.87. The highest BCUT2D eigenvalue weighted by Crippen LogP contribution is 2.27. The van der Waals surface area contributed by atoms with Gasteiger partial charge in [0.2, 0.25) is 5.91 Å². The van der Waals surface area contributed by atoms with Gasteiger partial charge in [0.25, 0.3) is 0 Å². The van der Waals surface area contributed by atoms with Crippen LogP contribution in [0.3, 0.4) is 0 Å². The van der Waals surface area contributed by atoms with Crippen molar-refractivity contribution >= 4 is 11.6 Å². The summed E-state index contributed by atoms with van der Waals surface area (Å²) < 4.78 is 13.2. The fourth-order valence-corrected chi connectivity index (χ4v) is 1.87. The van der Waals surface area contributed by atoms with Crippen molar-refractivity contribution < 1.29 is 9.18 Å². The zero-order valence-electron chi connectivity index (χ0n) is 8.29. The van der Waals surface area contributed by atoms with Crippen molar-refractivity contribution in [2.24, 2.45) is 0 Å². The van der Waals surface area contributed by atoms with Gasteiger partial charge in [-0.25, -0.2) is 4.39 Å². The summed E-state index contributed by atoms with van der Waals surface area (Å²) in [7, 11) is 0. The van der Waals surface area contributed by atoms with E-state index >= 15 is 0 Å². The van der Waals surface area contributed by atoms with Gasteiger partial charge in [0.1, 0.15) is 5.82 Å². The summed E-state index contributed by atoms with van der Waals surface area (Å²) in [5.74, 6) is -0.254. The maximum Gasteiger partial charge on any atom is 0.220 e. The first-order chi connectivity index (χ1) is 7.16. The lowest BCUT2D eigenvalue weighted by Crippen LogP contribution is -2.32. The van der Waals surface area contributed by atoms with Crippen LogP contribution in [0.1, 0.15) is 24.3 Å². The Morgan fingerprint density at radius 2 is 2.27 bits per heavy atom. The van der Waals surface area contributed by atoms with Crippen molar-refractivity contribution in [1.82, 2.24) is 5.32 Å². The topological polar surface area (TPSA) is 55.1 Å². The second kappa shape index (κ2) is 3.88. The van der Waals surface area contributed by atoms with E-state index in [-0.39, 0.29) is 17.5 Å². The van der Waals surface area contributed by atoms with Crippen LogP contribution in [0.2, 0.25) is 0 Å². The molecule has 0 spiro atoms. The number of amides is 1. The number of nitrogens with two attached hydrogens (primary N) is 1. The number of halogens is 1. The second-order valence-electron chi connectivity index (χ2n) is 3.82. The summed E-state index contributed by atoms with van der Waals surface area (Å²) in [5, 5.41) is 2.75. The molecule has 0 bridgehead atoms. The molecule has 3 nitrogen and oxygen atoms in total. The van der Waals surface area contributed by atoms with E-state index in [1.165, 1.54) is 6.07 Å². The van der Waals surface area contributed by atoms with Crippen LogP contribution >= 0.6 is 0 Å². The SMILES string of the molecule is Nc1ccc(C2CCNC(=O)C2)cc1F. The molecule has 80 valence electrons. The highest BCUT2D eigenvalue weighted by molar-refractivity contribution is 5.77. The summed E-state index contributed by atoms with van der Waals surface area (Å²) in [6.07, 6.45) is 1.29.